The molecule has 0 spiro atoms. The Morgan fingerprint density at radius 3 is 2.54 bits per heavy atom. The second-order valence-corrected chi connectivity index (χ2v) is 7.47. The number of fused-ring (bicyclic) bond motifs is 1. The van der Waals surface area contributed by atoms with Crippen LogP contribution in [0.2, 0.25) is 0 Å². The van der Waals surface area contributed by atoms with Crippen molar-refractivity contribution < 1.29 is 18.8 Å². The molecule has 28 heavy (non-hydrogen) atoms. The molecule has 1 aliphatic heterocycles. The third kappa shape index (κ3) is 3.20. The quantitative estimate of drug-likeness (QED) is 0.492. The summed E-state index contributed by atoms with van der Waals surface area (Å²) in [5.41, 5.74) is -0.0912. The Balaban J connectivity index is 1.69. The highest BCUT2D eigenvalue weighted by atomic mass is 32.1. The molecule has 1 aromatic heterocycles. The van der Waals surface area contributed by atoms with E-state index < -0.39 is 17.5 Å². The number of thiazole rings is 1. The van der Waals surface area contributed by atoms with Gasteiger partial charge in [-0.2, -0.15) is 0 Å². The van der Waals surface area contributed by atoms with Gasteiger partial charge < -0.3 is 10.2 Å². The van der Waals surface area contributed by atoms with Crippen LogP contribution in [0.1, 0.15) is 10.6 Å². The van der Waals surface area contributed by atoms with Crippen molar-refractivity contribution in [2.24, 2.45) is 0 Å². The summed E-state index contributed by atoms with van der Waals surface area (Å²) in [6.07, 6.45) is 0.593. The molecule has 1 saturated heterocycles. The van der Waals surface area contributed by atoms with E-state index >= 15 is 0 Å². The largest absolute Gasteiger partial charge is 0.338 e. The van der Waals surface area contributed by atoms with E-state index in [9.17, 15) is 18.8 Å². The molecule has 9 heteroatoms. The number of hydrogen-bond donors (Lipinski definition) is 2. The first-order valence-electron chi connectivity index (χ1n) is 8.43. The average molecular weight is 398 g/mol. The Kier molecular flexibility index (Phi) is 4.52. The lowest BCUT2D eigenvalue weighted by atomic mass is 9.99. The van der Waals surface area contributed by atoms with Crippen LogP contribution in [-0.2, 0) is 21.7 Å². The summed E-state index contributed by atoms with van der Waals surface area (Å²) in [6.45, 7) is 0.0465. The highest BCUT2D eigenvalue weighted by Gasteiger charge is 2.51. The van der Waals surface area contributed by atoms with Gasteiger partial charge in [-0.3, -0.25) is 14.9 Å². The molecule has 0 saturated carbocycles. The number of nitrogens with zero attached hydrogens (tertiary/aromatic N) is 2. The van der Waals surface area contributed by atoms with E-state index in [1.807, 2.05) is 24.3 Å². The van der Waals surface area contributed by atoms with Crippen molar-refractivity contribution >= 4 is 39.9 Å². The van der Waals surface area contributed by atoms with Crippen molar-refractivity contribution in [3.05, 3.63) is 64.9 Å². The zero-order valence-corrected chi connectivity index (χ0v) is 15.3. The van der Waals surface area contributed by atoms with Gasteiger partial charge in [-0.1, -0.05) is 24.3 Å². The van der Waals surface area contributed by atoms with Gasteiger partial charge >= 0.3 is 6.03 Å². The molecule has 2 aromatic carbocycles. The molecule has 0 bridgehead atoms. The summed E-state index contributed by atoms with van der Waals surface area (Å²) in [5, 5.41) is 5.27. The lowest BCUT2D eigenvalue weighted by molar-refractivity contribution is -0.127. The molecular formula is C19H15FN4O3S. The third-order valence-electron chi connectivity index (χ3n) is 4.49. The molecule has 4 amide bonds. The highest BCUT2D eigenvalue weighted by Crippen LogP contribution is 2.33. The van der Waals surface area contributed by atoms with Crippen LogP contribution in [0.15, 0.2) is 48.5 Å². The van der Waals surface area contributed by atoms with E-state index in [-0.39, 0.29) is 18.9 Å². The van der Waals surface area contributed by atoms with Crippen molar-refractivity contribution in [3.8, 4) is 0 Å². The van der Waals surface area contributed by atoms with E-state index in [0.717, 1.165) is 4.70 Å². The van der Waals surface area contributed by atoms with Crippen molar-refractivity contribution in [2.75, 3.05) is 6.54 Å². The SMILES string of the molecule is O=CN(Cc1ccc(F)cc1)C[C@@]1(c2nc3ccccc3s2)NC(=O)NC1=O. The van der Waals surface area contributed by atoms with Gasteiger partial charge in [0.25, 0.3) is 5.91 Å². The smallest absolute Gasteiger partial charge is 0.322 e. The summed E-state index contributed by atoms with van der Waals surface area (Å²) >= 11 is 1.28. The van der Waals surface area contributed by atoms with Gasteiger partial charge in [0.1, 0.15) is 10.8 Å². The fourth-order valence-corrected chi connectivity index (χ4v) is 4.24. The van der Waals surface area contributed by atoms with E-state index in [0.29, 0.717) is 22.5 Å². The van der Waals surface area contributed by atoms with E-state index in [2.05, 4.69) is 15.6 Å². The Hall–Kier alpha value is -3.33. The molecule has 4 rings (SSSR count). The van der Waals surface area contributed by atoms with Gasteiger partial charge in [-0.05, 0) is 29.8 Å². The molecule has 1 fully saturated rings. The Bertz CT molecular complexity index is 1040. The number of carbonyl (C=O) groups is 3. The molecule has 1 aliphatic rings. The third-order valence-corrected chi connectivity index (χ3v) is 5.69. The van der Waals surface area contributed by atoms with Crippen molar-refractivity contribution in [3.63, 3.8) is 0 Å². The second-order valence-electron chi connectivity index (χ2n) is 6.44. The Morgan fingerprint density at radius 1 is 1.14 bits per heavy atom. The minimum atomic E-state index is -1.48. The number of rotatable bonds is 6. The summed E-state index contributed by atoms with van der Waals surface area (Å²) in [7, 11) is 0. The molecule has 1 atom stereocenters. The first kappa shape index (κ1) is 18.1. The predicted molar refractivity (Wildman–Crippen MR) is 101 cm³/mol. The van der Waals surface area contributed by atoms with Gasteiger partial charge in [0.05, 0.1) is 16.8 Å². The van der Waals surface area contributed by atoms with Crippen LogP contribution in [0, 0.1) is 5.82 Å². The van der Waals surface area contributed by atoms with Crippen LogP contribution in [0.5, 0.6) is 0 Å². The maximum absolute atomic E-state index is 13.1. The molecule has 2 N–H and O–H groups in total. The Morgan fingerprint density at radius 2 is 1.89 bits per heavy atom. The summed E-state index contributed by atoms with van der Waals surface area (Å²) in [5.74, 6) is -0.947. The number of imide groups is 1. The molecule has 2 heterocycles. The Labute approximate surface area is 163 Å². The van der Waals surface area contributed by atoms with Crippen molar-refractivity contribution in [1.29, 1.82) is 0 Å². The summed E-state index contributed by atoms with van der Waals surface area (Å²) < 4.78 is 14.0. The predicted octanol–water partition coefficient (Wildman–Crippen LogP) is 2.13. The molecule has 0 unspecified atom stereocenters. The fraction of sp³-hybridized carbons (Fsp3) is 0.158. The van der Waals surface area contributed by atoms with E-state index in [4.69, 9.17) is 0 Å². The van der Waals surface area contributed by atoms with Crippen LogP contribution >= 0.6 is 11.3 Å². The lowest BCUT2D eigenvalue weighted by Gasteiger charge is -2.29. The second kappa shape index (κ2) is 7.01. The fourth-order valence-electron chi connectivity index (χ4n) is 3.14. The van der Waals surface area contributed by atoms with Gasteiger partial charge in [0, 0.05) is 6.54 Å². The molecule has 142 valence electrons. The topological polar surface area (TPSA) is 91.4 Å². The van der Waals surface area contributed by atoms with Gasteiger partial charge in [-0.25, -0.2) is 14.2 Å². The maximum atomic E-state index is 13.1. The number of halogens is 1. The number of urea groups is 1. The minimum absolute atomic E-state index is 0.106. The lowest BCUT2D eigenvalue weighted by Crippen LogP contribution is -2.52. The molecule has 0 aliphatic carbocycles. The number of aromatic nitrogens is 1. The van der Waals surface area contributed by atoms with Crippen LogP contribution in [0.3, 0.4) is 0 Å². The van der Waals surface area contributed by atoms with Crippen LogP contribution in [0.4, 0.5) is 9.18 Å². The molecular weight excluding hydrogens is 383 g/mol. The zero-order valence-electron chi connectivity index (χ0n) is 14.5. The standard InChI is InChI=1S/C19H15FN4O3S/c20-13-7-5-12(6-8-13)9-24(11-25)10-19(16(26)22-18(27)23-19)17-21-14-3-1-2-4-15(14)28-17/h1-8,11H,9-10H2,(H2,22,23,26,27)/t19-/m1/s1. The highest BCUT2D eigenvalue weighted by molar-refractivity contribution is 7.18. The van der Waals surface area contributed by atoms with Crippen LogP contribution in [0.25, 0.3) is 10.2 Å². The van der Waals surface area contributed by atoms with Crippen molar-refractivity contribution in [2.45, 2.75) is 12.1 Å². The number of amides is 4. The molecule has 0 radical (unpaired) electrons. The number of para-hydroxylation sites is 1. The van der Waals surface area contributed by atoms with Gasteiger partial charge in [0.2, 0.25) is 6.41 Å². The summed E-state index contributed by atoms with van der Waals surface area (Å²) in [6, 6.07) is 12.4. The average Bonchev–Trinajstić information content (AvgIpc) is 3.24. The monoisotopic (exact) mass is 398 g/mol. The molecule has 7 nitrogen and oxygen atoms in total. The first-order valence-corrected chi connectivity index (χ1v) is 9.25. The first-order chi connectivity index (χ1) is 13.5. The van der Waals surface area contributed by atoms with Crippen LogP contribution in [-0.4, -0.2) is 34.8 Å². The number of benzene rings is 2. The number of hydrogen-bond acceptors (Lipinski definition) is 5. The van der Waals surface area contributed by atoms with E-state index in [1.54, 1.807) is 12.1 Å². The number of carbonyl (C=O) groups excluding carboxylic acids is 3. The maximum Gasteiger partial charge on any atom is 0.322 e. The normalized spacial score (nSPS) is 18.8. The zero-order chi connectivity index (χ0) is 19.7. The summed E-state index contributed by atoms with van der Waals surface area (Å²) in [4.78, 5) is 42.2. The van der Waals surface area contributed by atoms with Gasteiger partial charge in [0.15, 0.2) is 5.54 Å². The van der Waals surface area contributed by atoms with E-state index in [1.165, 1.54) is 28.4 Å². The minimum Gasteiger partial charge on any atom is -0.338 e. The molecule has 3 aromatic rings. The number of nitrogens with one attached hydrogen (secondary N) is 2. The van der Waals surface area contributed by atoms with Crippen LogP contribution < -0.4 is 10.6 Å². The van der Waals surface area contributed by atoms with Crippen molar-refractivity contribution in [1.82, 2.24) is 20.5 Å². The van der Waals surface area contributed by atoms with Gasteiger partial charge in [-0.15, -0.1) is 11.3 Å².